The molecule has 4 rings (SSSR count). The highest BCUT2D eigenvalue weighted by atomic mass is 32.2. The average molecular weight is 376 g/mol. The molecule has 5 nitrogen and oxygen atoms in total. The van der Waals surface area contributed by atoms with Crippen molar-refractivity contribution in [3.63, 3.8) is 0 Å². The summed E-state index contributed by atoms with van der Waals surface area (Å²) in [6, 6.07) is 26.0. The van der Waals surface area contributed by atoms with Crippen LogP contribution in [0.4, 0.5) is 0 Å². The second-order valence-electron chi connectivity index (χ2n) is 5.93. The molecule has 4 aromatic carbocycles. The van der Waals surface area contributed by atoms with Crippen LogP contribution in [-0.2, 0) is 14.4 Å². The molecule has 0 heterocycles. The van der Waals surface area contributed by atoms with E-state index in [4.69, 9.17) is 4.28 Å². The number of rotatable bonds is 5. The van der Waals surface area contributed by atoms with Crippen LogP contribution in [0.3, 0.4) is 0 Å². The van der Waals surface area contributed by atoms with E-state index in [-0.39, 0.29) is 4.90 Å². The summed E-state index contributed by atoms with van der Waals surface area (Å²) in [7, 11) is -3.92. The van der Waals surface area contributed by atoms with Crippen LogP contribution in [0.2, 0.25) is 0 Å². The summed E-state index contributed by atoms with van der Waals surface area (Å²) in [6.45, 7) is 0. The Hall–Kier alpha value is -3.22. The van der Waals surface area contributed by atoms with Crippen LogP contribution >= 0.6 is 0 Å². The minimum Gasteiger partial charge on any atom is -0.192 e. The number of benzene rings is 4. The minimum absolute atomic E-state index is 0.0591. The van der Waals surface area contributed by atoms with Gasteiger partial charge in [-0.2, -0.15) is 19.1 Å². The molecule has 0 aromatic heterocycles. The topological polar surface area (TPSA) is 67.8 Å². The molecule has 0 aliphatic carbocycles. The first-order valence-corrected chi connectivity index (χ1v) is 9.73. The highest BCUT2D eigenvalue weighted by Crippen LogP contribution is 2.27. The van der Waals surface area contributed by atoms with Crippen LogP contribution in [0.1, 0.15) is 5.56 Å². The fourth-order valence-corrected chi connectivity index (χ4v) is 3.72. The van der Waals surface area contributed by atoms with Crippen LogP contribution in [0.5, 0.6) is 0 Å². The molecule has 134 valence electrons. The number of fused-ring (bicyclic) bond motifs is 3. The predicted molar refractivity (Wildman–Crippen MR) is 107 cm³/mol. The van der Waals surface area contributed by atoms with E-state index in [0.29, 0.717) is 0 Å². The second kappa shape index (κ2) is 7.19. The van der Waals surface area contributed by atoms with Gasteiger partial charge in [-0.1, -0.05) is 66.7 Å². The van der Waals surface area contributed by atoms with Gasteiger partial charge in [-0.05, 0) is 39.7 Å². The molecule has 4 aromatic rings. The molecule has 0 aliphatic rings. The molecule has 0 saturated carbocycles. The standard InChI is InChI=1S/C21H16N2O3S/c24-27(25,18-9-2-1-3-10-18)26-23-22-15-17-14-16-8-4-5-11-19(16)21-13-7-6-12-20(17)21/h1-15,23H. The lowest BCUT2D eigenvalue weighted by Gasteiger charge is -2.07. The van der Waals surface area contributed by atoms with E-state index in [1.165, 1.54) is 12.1 Å². The highest BCUT2D eigenvalue weighted by molar-refractivity contribution is 7.86. The largest absolute Gasteiger partial charge is 0.318 e. The monoisotopic (exact) mass is 376 g/mol. The van der Waals surface area contributed by atoms with E-state index in [2.05, 4.69) is 22.8 Å². The summed E-state index contributed by atoms with van der Waals surface area (Å²) in [4.78, 5) is 0.0591. The van der Waals surface area contributed by atoms with Crippen molar-refractivity contribution in [3.05, 3.63) is 90.5 Å². The van der Waals surface area contributed by atoms with Gasteiger partial charge < -0.3 is 0 Å². The van der Waals surface area contributed by atoms with Gasteiger partial charge >= 0.3 is 10.1 Å². The third-order valence-corrected chi connectivity index (χ3v) is 5.38. The van der Waals surface area contributed by atoms with Gasteiger partial charge in [-0.25, -0.2) is 0 Å². The van der Waals surface area contributed by atoms with E-state index in [1.54, 1.807) is 24.4 Å². The van der Waals surface area contributed by atoms with Crippen molar-refractivity contribution in [3.8, 4) is 0 Å². The van der Waals surface area contributed by atoms with Gasteiger partial charge in [-0.15, -0.1) is 4.28 Å². The molecule has 0 radical (unpaired) electrons. The number of nitrogens with one attached hydrogen (secondary N) is 1. The summed E-state index contributed by atoms with van der Waals surface area (Å²) in [5, 5.41) is 8.29. The Balaban J connectivity index is 1.61. The Morgan fingerprint density at radius 2 is 1.41 bits per heavy atom. The molecule has 6 heteroatoms. The fourth-order valence-electron chi connectivity index (χ4n) is 2.99. The van der Waals surface area contributed by atoms with Gasteiger partial charge in [0.25, 0.3) is 0 Å². The van der Waals surface area contributed by atoms with Gasteiger partial charge in [0, 0.05) is 5.56 Å². The van der Waals surface area contributed by atoms with Crippen LogP contribution in [0.25, 0.3) is 21.5 Å². The zero-order chi connectivity index (χ0) is 18.7. The van der Waals surface area contributed by atoms with Crippen molar-refractivity contribution >= 4 is 37.9 Å². The molecule has 0 spiro atoms. The van der Waals surface area contributed by atoms with Crippen LogP contribution in [0, 0.1) is 0 Å². The molecule has 0 atom stereocenters. The van der Waals surface area contributed by atoms with Crippen LogP contribution in [-0.4, -0.2) is 14.6 Å². The van der Waals surface area contributed by atoms with Crippen molar-refractivity contribution in [1.82, 2.24) is 5.59 Å². The summed E-state index contributed by atoms with van der Waals surface area (Å²) in [5.41, 5.74) is 3.03. The SMILES string of the molecule is O=S(=O)(ONN=Cc1cc2ccccc2c2ccccc12)c1ccccc1. The van der Waals surface area contributed by atoms with E-state index < -0.39 is 10.1 Å². The molecule has 1 N–H and O–H groups in total. The summed E-state index contributed by atoms with van der Waals surface area (Å²) < 4.78 is 28.9. The van der Waals surface area contributed by atoms with Crippen molar-refractivity contribution in [2.24, 2.45) is 5.10 Å². The third-order valence-electron chi connectivity index (χ3n) is 4.24. The number of hydrogen-bond donors (Lipinski definition) is 1. The summed E-state index contributed by atoms with van der Waals surface area (Å²) in [5.74, 6) is 0. The van der Waals surface area contributed by atoms with Crippen LogP contribution in [0.15, 0.2) is 94.9 Å². The molecule has 0 fully saturated rings. The molecule has 0 saturated heterocycles. The van der Waals surface area contributed by atoms with E-state index in [0.717, 1.165) is 27.1 Å². The number of nitrogens with zero attached hydrogens (tertiary/aromatic N) is 1. The maximum Gasteiger partial charge on any atom is 0.318 e. The lowest BCUT2D eigenvalue weighted by atomic mass is 9.98. The van der Waals surface area contributed by atoms with Crippen molar-refractivity contribution in [2.45, 2.75) is 4.90 Å². The highest BCUT2D eigenvalue weighted by Gasteiger charge is 2.14. The minimum atomic E-state index is -3.92. The quantitative estimate of drug-likeness (QED) is 0.321. The summed E-state index contributed by atoms with van der Waals surface area (Å²) >= 11 is 0. The first-order valence-electron chi connectivity index (χ1n) is 8.32. The Labute approximate surface area is 157 Å². The summed E-state index contributed by atoms with van der Waals surface area (Å²) in [6.07, 6.45) is 1.55. The van der Waals surface area contributed by atoms with Crippen LogP contribution < -0.4 is 5.59 Å². The number of hydrazone groups is 1. The van der Waals surface area contributed by atoms with Crippen molar-refractivity contribution in [2.75, 3.05) is 0 Å². The normalized spacial score (nSPS) is 12.0. The fraction of sp³-hybridized carbons (Fsp3) is 0. The maximum atomic E-state index is 12.1. The van der Waals surface area contributed by atoms with E-state index >= 15 is 0 Å². The first-order chi connectivity index (χ1) is 13.1. The zero-order valence-electron chi connectivity index (χ0n) is 14.2. The molecular weight excluding hydrogens is 360 g/mol. The van der Waals surface area contributed by atoms with E-state index in [1.807, 2.05) is 42.5 Å². The molecular formula is C21H16N2O3S. The Kier molecular flexibility index (Phi) is 4.58. The zero-order valence-corrected chi connectivity index (χ0v) is 15.1. The number of hydrogen-bond acceptors (Lipinski definition) is 5. The smallest absolute Gasteiger partial charge is 0.192 e. The molecule has 0 aliphatic heterocycles. The Morgan fingerprint density at radius 1 is 0.778 bits per heavy atom. The van der Waals surface area contributed by atoms with Gasteiger partial charge in [-0.3, -0.25) is 0 Å². The van der Waals surface area contributed by atoms with Crippen molar-refractivity contribution in [1.29, 1.82) is 0 Å². The Morgan fingerprint density at radius 3 is 2.19 bits per heavy atom. The molecule has 0 unspecified atom stereocenters. The van der Waals surface area contributed by atoms with Crippen molar-refractivity contribution < 1.29 is 12.7 Å². The van der Waals surface area contributed by atoms with Gasteiger partial charge in [0.05, 0.1) is 11.1 Å². The third kappa shape index (κ3) is 3.53. The van der Waals surface area contributed by atoms with Gasteiger partial charge in [0.15, 0.2) is 0 Å². The lowest BCUT2D eigenvalue weighted by molar-refractivity contribution is 0.210. The predicted octanol–water partition coefficient (Wildman–Crippen LogP) is 4.24. The molecule has 0 amide bonds. The van der Waals surface area contributed by atoms with E-state index in [9.17, 15) is 8.42 Å². The Bertz CT molecular complexity index is 1240. The maximum absolute atomic E-state index is 12.1. The molecule has 0 bridgehead atoms. The molecule has 27 heavy (non-hydrogen) atoms. The first kappa shape index (κ1) is 17.2. The van der Waals surface area contributed by atoms with Gasteiger partial charge in [0.1, 0.15) is 0 Å². The second-order valence-corrected chi connectivity index (χ2v) is 7.48. The lowest BCUT2D eigenvalue weighted by Crippen LogP contribution is -2.15. The van der Waals surface area contributed by atoms with Gasteiger partial charge in [0.2, 0.25) is 0 Å². The average Bonchev–Trinajstić information content (AvgIpc) is 2.72.